The first kappa shape index (κ1) is 11.3. The molecule has 0 unspecified atom stereocenters. The van der Waals surface area contributed by atoms with E-state index in [1.165, 1.54) is 32.1 Å². The van der Waals surface area contributed by atoms with Crippen LogP contribution in [0.5, 0.6) is 0 Å². The van der Waals surface area contributed by atoms with Crippen molar-refractivity contribution in [1.29, 1.82) is 0 Å². The molecule has 96 valence electrons. The lowest BCUT2D eigenvalue weighted by Crippen LogP contribution is -2.55. The first-order valence-corrected chi connectivity index (χ1v) is 7.10. The van der Waals surface area contributed by atoms with E-state index in [9.17, 15) is 4.79 Å². The highest BCUT2D eigenvalue weighted by Crippen LogP contribution is 2.38. The van der Waals surface area contributed by atoms with Gasteiger partial charge in [0.25, 0.3) is 0 Å². The molecule has 1 spiro atoms. The quantitative estimate of drug-likeness (QED) is 0.725. The van der Waals surface area contributed by atoms with Crippen LogP contribution in [0.25, 0.3) is 0 Å². The number of urea groups is 1. The lowest BCUT2D eigenvalue weighted by atomic mass is 9.80. The number of carbonyl (C=O) groups excluding carboxylic acids is 1. The lowest BCUT2D eigenvalue weighted by molar-refractivity contribution is 0.0706. The van der Waals surface area contributed by atoms with Crippen molar-refractivity contribution in [3.63, 3.8) is 0 Å². The maximum Gasteiger partial charge on any atom is 0.318 e. The molecule has 0 aromatic rings. The van der Waals surface area contributed by atoms with Crippen LogP contribution in [0, 0.1) is 0 Å². The molecule has 2 heterocycles. The fourth-order valence-electron chi connectivity index (χ4n) is 3.87. The highest BCUT2D eigenvalue weighted by Gasteiger charge is 2.48. The number of amides is 2. The van der Waals surface area contributed by atoms with Crippen LogP contribution in [-0.4, -0.2) is 42.1 Å². The lowest BCUT2D eigenvalue weighted by Gasteiger charge is -2.45. The summed E-state index contributed by atoms with van der Waals surface area (Å²) in [6.45, 7) is 3.00. The fraction of sp³-hybridized carbons (Fsp3) is 0.923. The average molecular weight is 237 g/mol. The van der Waals surface area contributed by atoms with E-state index in [1.54, 1.807) is 0 Å². The molecule has 2 amide bonds. The minimum absolute atomic E-state index is 0.164. The molecular formula is C13H23N3O. The van der Waals surface area contributed by atoms with Crippen LogP contribution in [0.15, 0.2) is 0 Å². The number of nitrogens with one attached hydrogen (secondary N) is 2. The van der Waals surface area contributed by atoms with E-state index in [0.29, 0.717) is 6.04 Å². The van der Waals surface area contributed by atoms with Crippen molar-refractivity contribution >= 4 is 6.03 Å². The number of hydrogen-bond donors (Lipinski definition) is 2. The zero-order valence-corrected chi connectivity index (χ0v) is 10.5. The second-order valence-corrected chi connectivity index (χ2v) is 5.79. The van der Waals surface area contributed by atoms with Gasteiger partial charge >= 0.3 is 6.03 Å². The highest BCUT2D eigenvalue weighted by molar-refractivity contribution is 5.78. The van der Waals surface area contributed by atoms with Gasteiger partial charge in [0.05, 0.1) is 5.54 Å². The summed E-state index contributed by atoms with van der Waals surface area (Å²) in [6, 6.07) is 0.663. The third-order valence-corrected chi connectivity index (χ3v) is 4.76. The van der Waals surface area contributed by atoms with E-state index < -0.39 is 0 Å². The summed E-state index contributed by atoms with van der Waals surface area (Å²) in [4.78, 5) is 14.4. The smallest absolute Gasteiger partial charge is 0.318 e. The molecule has 3 fully saturated rings. The van der Waals surface area contributed by atoms with Gasteiger partial charge in [-0.25, -0.2) is 4.79 Å². The van der Waals surface area contributed by atoms with Crippen LogP contribution in [0.3, 0.4) is 0 Å². The van der Waals surface area contributed by atoms with Gasteiger partial charge in [-0.1, -0.05) is 19.3 Å². The average Bonchev–Trinajstić information content (AvgIpc) is 2.68. The molecular weight excluding hydrogens is 214 g/mol. The van der Waals surface area contributed by atoms with E-state index in [0.717, 1.165) is 32.5 Å². The number of hydrogen-bond acceptors (Lipinski definition) is 2. The van der Waals surface area contributed by atoms with Crippen molar-refractivity contribution in [3.05, 3.63) is 0 Å². The van der Waals surface area contributed by atoms with Crippen molar-refractivity contribution in [3.8, 4) is 0 Å². The number of piperidine rings is 1. The molecule has 4 heteroatoms. The maximum atomic E-state index is 12.1. The van der Waals surface area contributed by atoms with E-state index in [2.05, 4.69) is 15.5 Å². The van der Waals surface area contributed by atoms with Crippen LogP contribution in [-0.2, 0) is 0 Å². The van der Waals surface area contributed by atoms with Crippen LogP contribution in [0.4, 0.5) is 4.79 Å². The van der Waals surface area contributed by atoms with Crippen molar-refractivity contribution < 1.29 is 4.79 Å². The molecule has 1 saturated carbocycles. The van der Waals surface area contributed by atoms with Crippen LogP contribution in [0.2, 0.25) is 0 Å². The molecule has 3 aliphatic rings. The van der Waals surface area contributed by atoms with Crippen LogP contribution < -0.4 is 10.6 Å². The second kappa shape index (κ2) is 4.48. The van der Waals surface area contributed by atoms with Crippen molar-refractivity contribution in [2.24, 2.45) is 0 Å². The zero-order chi connectivity index (χ0) is 11.7. The monoisotopic (exact) mass is 237 g/mol. The van der Waals surface area contributed by atoms with Gasteiger partial charge in [0.15, 0.2) is 0 Å². The Bertz CT molecular complexity index is 293. The van der Waals surface area contributed by atoms with Gasteiger partial charge in [0, 0.05) is 12.6 Å². The first-order chi connectivity index (χ1) is 8.32. The van der Waals surface area contributed by atoms with Crippen LogP contribution in [0.1, 0.15) is 44.9 Å². The summed E-state index contributed by atoms with van der Waals surface area (Å²) < 4.78 is 0. The van der Waals surface area contributed by atoms with Gasteiger partial charge in [-0.3, -0.25) is 0 Å². The Balaban J connectivity index is 1.80. The zero-order valence-electron chi connectivity index (χ0n) is 10.5. The SMILES string of the molecule is O=C1NCC2(CCCCC2)N1C1CCNCC1. The molecule has 3 rings (SSSR count). The normalized spacial score (nSPS) is 29.6. The molecule has 17 heavy (non-hydrogen) atoms. The Morgan fingerprint density at radius 2 is 1.82 bits per heavy atom. The van der Waals surface area contributed by atoms with Crippen LogP contribution >= 0.6 is 0 Å². The third-order valence-electron chi connectivity index (χ3n) is 4.76. The van der Waals surface area contributed by atoms with E-state index in [-0.39, 0.29) is 11.6 Å². The molecule has 0 bridgehead atoms. The standard InChI is InChI=1S/C13H23N3O/c17-12-15-10-13(6-2-1-3-7-13)16(12)11-4-8-14-9-5-11/h11,14H,1-10H2,(H,15,17). The summed E-state index contributed by atoms with van der Waals surface area (Å²) in [7, 11) is 0. The van der Waals surface area contributed by atoms with Gasteiger partial charge in [-0.15, -0.1) is 0 Å². The number of carbonyl (C=O) groups is 1. The summed E-state index contributed by atoms with van der Waals surface area (Å²) in [5.74, 6) is 0. The molecule has 0 aromatic heterocycles. The Kier molecular flexibility index (Phi) is 2.99. The summed E-state index contributed by atoms with van der Waals surface area (Å²) in [6.07, 6.45) is 8.57. The number of rotatable bonds is 1. The fourth-order valence-corrected chi connectivity index (χ4v) is 3.87. The number of nitrogens with zero attached hydrogens (tertiary/aromatic N) is 1. The minimum Gasteiger partial charge on any atom is -0.336 e. The Morgan fingerprint density at radius 1 is 1.12 bits per heavy atom. The van der Waals surface area contributed by atoms with Gasteiger partial charge in [-0.2, -0.15) is 0 Å². The van der Waals surface area contributed by atoms with Gasteiger partial charge < -0.3 is 15.5 Å². The Labute approximate surface area is 103 Å². The highest BCUT2D eigenvalue weighted by atomic mass is 16.2. The summed E-state index contributed by atoms with van der Waals surface area (Å²) in [5.41, 5.74) is 0.164. The van der Waals surface area contributed by atoms with E-state index in [4.69, 9.17) is 0 Å². The topological polar surface area (TPSA) is 44.4 Å². The van der Waals surface area contributed by atoms with E-state index >= 15 is 0 Å². The Hall–Kier alpha value is -0.770. The van der Waals surface area contributed by atoms with Crippen molar-refractivity contribution in [2.45, 2.75) is 56.5 Å². The molecule has 4 nitrogen and oxygen atoms in total. The molecule has 1 aliphatic carbocycles. The molecule has 0 atom stereocenters. The van der Waals surface area contributed by atoms with E-state index in [1.807, 2.05) is 0 Å². The van der Waals surface area contributed by atoms with Gasteiger partial charge in [0.2, 0.25) is 0 Å². The van der Waals surface area contributed by atoms with Gasteiger partial charge in [-0.05, 0) is 38.8 Å². The first-order valence-electron chi connectivity index (χ1n) is 7.10. The van der Waals surface area contributed by atoms with Crippen molar-refractivity contribution in [1.82, 2.24) is 15.5 Å². The second-order valence-electron chi connectivity index (χ2n) is 5.79. The summed E-state index contributed by atoms with van der Waals surface area (Å²) in [5, 5.41) is 6.48. The minimum atomic E-state index is 0.164. The van der Waals surface area contributed by atoms with Gasteiger partial charge in [0.1, 0.15) is 0 Å². The molecule has 2 N–H and O–H groups in total. The predicted octanol–water partition coefficient (Wildman–Crippen LogP) is 1.47. The largest absolute Gasteiger partial charge is 0.336 e. The maximum absolute atomic E-state index is 12.1. The summed E-state index contributed by atoms with van der Waals surface area (Å²) >= 11 is 0. The predicted molar refractivity (Wildman–Crippen MR) is 66.9 cm³/mol. The molecule has 2 saturated heterocycles. The Morgan fingerprint density at radius 3 is 2.53 bits per heavy atom. The molecule has 2 aliphatic heterocycles. The molecule has 0 radical (unpaired) electrons. The third kappa shape index (κ3) is 1.92. The van der Waals surface area contributed by atoms with Crippen molar-refractivity contribution in [2.75, 3.05) is 19.6 Å². The molecule has 0 aromatic carbocycles.